The minimum Gasteiger partial charge on any atom is -0.322 e. The topological polar surface area (TPSA) is 83.6 Å². The smallest absolute Gasteiger partial charge is 0.256 e. The third-order valence-corrected chi connectivity index (χ3v) is 3.87. The molecule has 0 spiro atoms. The van der Waals surface area contributed by atoms with Gasteiger partial charge >= 0.3 is 0 Å². The van der Waals surface area contributed by atoms with Crippen molar-refractivity contribution in [2.75, 3.05) is 5.32 Å². The standard InChI is InChI=1S/C16H10BrN5O/c17-15-6-5-13(22-9-19-20-10-22)7-14(15)16(23)21-12-3-1-11(8-18)2-4-12/h1-7,9-10H,(H,21,23). The quantitative estimate of drug-likeness (QED) is 0.770. The molecule has 1 amide bonds. The maximum absolute atomic E-state index is 12.5. The van der Waals surface area contributed by atoms with E-state index < -0.39 is 0 Å². The Balaban J connectivity index is 1.86. The van der Waals surface area contributed by atoms with Crippen molar-refractivity contribution in [3.63, 3.8) is 0 Å². The molecular weight excluding hydrogens is 358 g/mol. The van der Waals surface area contributed by atoms with Gasteiger partial charge in [0.05, 0.1) is 17.2 Å². The molecule has 1 N–H and O–H groups in total. The largest absolute Gasteiger partial charge is 0.322 e. The van der Waals surface area contributed by atoms with Gasteiger partial charge in [-0.2, -0.15) is 5.26 Å². The van der Waals surface area contributed by atoms with Crippen LogP contribution in [0.25, 0.3) is 5.69 Å². The van der Waals surface area contributed by atoms with Crippen molar-refractivity contribution in [1.82, 2.24) is 14.8 Å². The molecule has 0 aliphatic carbocycles. The average molecular weight is 368 g/mol. The Bertz CT molecular complexity index is 882. The number of rotatable bonds is 3. The zero-order valence-corrected chi connectivity index (χ0v) is 13.4. The third-order valence-electron chi connectivity index (χ3n) is 3.18. The number of nitrogens with zero attached hydrogens (tertiary/aromatic N) is 4. The highest BCUT2D eigenvalue weighted by Gasteiger charge is 2.12. The van der Waals surface area contributed by atoms with Crippen LogP contribution in [0.15, 0.2) is 59.6 Å². The first-order chi connectivity index (χ1) is 11.2. The van der Waals surface area contributed by atoms with Crippen LogP contribution in [0.1, 0.15) is 15.9 Å². The lowest BCUT2D eigenvalue weighted by Crippen LogP contribution is -2.13. The molecule has 0 aliphatic heterocycles. The van der Waals surface area contributed by atoms with Gasteiger partial charge in [0.1, 0.15) is 12.7 Å². The van der Waals surface area contributed by atoms with Crippen LogP contribution in [0, 0.1) is 11.3 Å². The second-order valence-electron chi connectivity index (χ2n) is 4.68. The number of hydrogen-bond acceptors (Lipinski definition) is 4. The summed E-state index contributed by atoms with van der Waals surface area (Å²) in [4.78, 5) is 12.5. The van der Waals surface area contributed by atoms with Crippen molar-refractivity contribution in [3.05, 3.63) is 70.7 Å². The first-order valence-corrected chi connectivity index (χ1v) is 7.43. The second kappa shape index (κ2) is 6.42. The van der Waals surface area contributed by atoms with Crippen molar-refractivity contribution in [1.29, 1.82) is 5.26 Å². The molecule has 0 fully saturated rings. The van der Waals surface area contributed by atoms with E-state index >= 15 is 0 Å². The first kappa shape index (κ1) is 14.9. The predicted octanol–water partition coefficient (Wildman–Crippen LogP) is 3.15. The summed E-state index contributed by atoms with van der Waals surface area (Å²) in [5, 5.41) is 19.1. The van der Waals surface area contributed by atoms with Crippen molar-refractivity contribution in [2.24, 2.45) is 0 Å². The molecule has 0 aliphatic rings. The van der Waals surface area contributed by atoms with Gasteiger partial charge < -0.3 is 5.32 Å². The molecule has 1 heterocycles. The number of amides is 1. The molecule has 3 aromatic rings. The van der Waals surface area contributed by atoms with E-state index in [0.717, 1.165) is 5.69 Å². The Morgan fingerprint density at radius 2 is 1.83 bits per heavy atom. The van der Waals surface area contributed by atoms with E-state index in [1.54, 1.807) is 53.6 Å². The summed E-state index contributed by atoms with van der Waals surface area (Å²) in [6.45, 7) is 0. The van der Waals surface area contributed by atoms with Crippen molar-refractivity contribution < 1.29 is 4.79 Å². The summed E-state index contributed by atoms with van der Waals surface area (Å²) < 4.78 is 2.39. The van der Waals surface area contributed by atoms with E-state index in [0.29, 0.717) is 21.3 Å². The van der Waals surface area contributed by atoms with E-state index in [-0.39, 0.29) is 5.91 Å². The highest BCUT2D eigenvalue weighted by molar-refractivity contribution is 9.10. The summed E-state index contributed by atoms with van der Waals surface area (Å²) in [6, 6.07) is 14.1. The molecule has 2 aromatic carbocycles. The minimum absolute atomic E-state index is 0.253. The SMILES string of the molecule is N#Cc1ccc(NC(=O)c2cc(-n3cnnc3)ccc2Br)cc1. The zero-order valence-electron chi connectivity index (χ0n) is 11.8. The van der Waals surface area contributed by atoms with Crippen LogP contribution in [0.4, 0.5) is 5.69 Å². The fourth-order valence-corrected chi connectivity index (χ4v) is 2.44. The minimum atomic E-state index is -0.253. The van der Waals surface area contributed by atoms with Crippen molar-refractivity contribution >= 4 is 27.5 Å². The van der Waals surface area contributed by atoms with E-state index in [4.69, 9.17) is 5.26 Å². The summed E-state index contributed by atoms with van der Waals surface area (Å²) in [6.07, 6.45) is 3.12. The molecule has 23 heavy (non-hydrogen) atoms. The lowest BCUT2D eigenvalue weighted by Gasteiger charge is -2.09. The van der Waals surface area contributed by atoms with Crippen LogP contribution >= 0.6 is 15.9 Å². The molecule has 0 saturated heterocycles. The van der Waals surface area contributed by atoms with Crippen LogP contribution in [0.2, 0.25) is 0 Å². The Hall–Kier alpha value is -2.98. The van der Waals surface area contributed by atoms with E-state index in [2.05, 4.69) is 31.4 Å². The van der Waals surface area contributed by atoms with Crippen LogP contribution in [0.3, 0.4) is 0 Å². The lowest BCUT2D eigenvalue weighted by molar-refractivity contribution is 0.102. The van der Waals surface area contributed by atoms with Gasteiger partial charge in [-0.25, -0.2) is 0 Å². The molecule has 0 unspecified atom stereocenters. The predicted molar refractivity (Wildman–Crippen MR) is 88.2 cm³/mol. The summed E-state index contributed by atoms with van der Waals surface area (Å²) in [7, 11) is 0. The monoisotopic (exact) mass is 367 g/mol. The summed E-state index contributed by atoms with van der Waals surface area (Å²) in [5.41, 5.74) is 2.43. The van der Waals surface area contributed by atoms with E-state index in [9.17, 15) is 4.79 Å². The van der Waals surface area contributed by atoms with E-state index in [1.807, 2.05) is 12.1 Å². The van der Waals surface area contributed by atoms with Gasteiger partial charge in [0.25, 0.3) is 5.91 Å². The Labute approximate surface area is 140 Å². The molecule has 0 bridgehead atoms. The molecule has 6 nitrogen and oxygen atoms in total. The molecule has 3 rings (SSSR count). The second-order valence-corrected chi connectivity index (χ2v) is 5.53. The number of hydrogen-bond donors (Lipinski definition) is 1. The van der Waals surface area contributed by atoms with Gasteiger partial charge in [0.2, 0.25) is 0 Å². The highest BCUT2D eigenvalue weighted by Crippen LogP contribution is 2.22. The summed E-state index contributed by atoms with van der Waals surface area (Å²) in [5.74, 6) is -0.253. The third kappa shape index (κ3) is 3.27. The lowest BCUT2D eigenvalue weighted by atomic mass is 10.1. The number of aromatic nitrogens is 3. The number of carbonyl (C=O) groups excluding carboxylic acids is 1. The maximum Gasteiger partial charge on any atom is 0.256 e. The molecule has 1 aromatic heterocycles. The van der Waals surface area contributed by atoms with Gasteiger partial charge in [-0.05, 0) is 58.4 Å². The van der Waals surface area contributed by atoms with Crippen LogP contribution in [0.5, 0.6) is 0 Å². The van der Waals surface area contributed by atoms with Gasteiger partial charge in [0.15, 0.2) is 0 Å². The van der Waals surface area contributed by atoms with Gasteiger partial charge in [-0.3, -0.25) is 9.36 Å². The number of nitrogens with one attached hydrogen (secondary N) is 1. The van der Waals surface area contributed by atoms with Crippen LogP contribution < -0.4 is 5.32 Å². The van der Waals surface area contributed by atoms with Crippen molar-refractivity contribution in [3.8, 4) is 11.8 Å². The number of anilines is 1. The highest BCUT2D eigenvalue weighted by atomic mass is 79.9. The molecule has 7 heteroatoms. The molecule has 0 saturated carbocycles. The molecule has 0 atom stereocenters. The maximum atomic E-state index is 12.5. The Morgan fingerprint density at radius 3 is 2.48 bits per heavy atom. The van der Waals surface area contributed by atoms with Crippen LogP contribution in [-0.4, -0.2) is 20.7 Å². The Morgan fingerprint density at radius 1 is 1.13 bits per heavy atom. The fourth-order valence-electron chi connectivity index (χ4n) is 2.01. The van der Waals surface area contributed by atoms with Gasteiger partial charge in [0, 0.05) is 15.8 Å². The molecule has 0 radical (unpaired) electrons. The number of carbonyl (C=O) groups is 1. The van der Waals surface area contributed by atoms with Gasteiger partial charge in [-0.15, -0.1) is 10.2 Å². The normalized spacial score (nSPS) is 10.1. The number of nitriles is 1. The zero-order chi connectivity index (χ0) is 16.2. The summed E-state index contributed by atoms with van der Waals surface area (Å²) >= 11 is 3.39. The number of benzene rings is 2. The first-order valence-electron chi connectivity index (χ1n) is 6.63. The fraction of sp³-hybridized carbons (Fsp3) is 0. The van der Waals surface area contributed by atoms with Crippen molar-refractivity contribution in [2.45, 2.75) is 0 Å². The van der Waals surface area contributed by atoms with Gasteiger partial charge in [-0.1, -0.05) is 0 Å². The number of halogens is 1. The Kier molecular flexibility index (Phi) is 4.17. The van der Waals surface area contributed by atoms with E-state index in [1.165, 1.54) is 0 Å². The van der Waals surface area contributed by atoms with Crippen LogP contribution in [-0.2, 0) is 0 Å². The molecular formula is C16H10BrN5O. The molecule has 112 valence electrons. The average Bonchev–Trinajstić information content (AvgIpc) is 3.10.